The highest BCUT2D eigenvalue weighted by Gasteiger charge is 2.10. The lowest BCUT2D eigenvalue weighted by molar-refractivity contribution is 0.0742. The van der Waals surface area contributed by atoms with Crippen molar-refractivity contribution in [3.05, 3.63) is 29.7 Å². The highest BCUT2D eigenvalue weighted by Crippen LogP contribution is 2.07. The van der Waals surface area contributed by atoms with Gasteiger partial charge in [-0.15, -0.1) is 0 Å². The average molecular weight is 292 g/mol. The first kappa shape index (κ1) is 17.4. The molecule has 0 atom stereocenters. The van der Waals surface area contributed by atoms with Crippen LogP contribution in [-0.2, 0) is 17.9 Å². The lowest BCUT2D eigenvalue weighted by atomic mass is 10.1. The zero-order valence-electron chi connectivity index (χ0n) is 13.2. The van der Waals surface area contributed by atoms with Crippen molar-refractivity contribution in [1.82, 2.24) is 10.1 Å². The molecule has 0 saturated heterocycles. The molecule has 1 N–H and O–H groups in total. The largest absolute Gasteiger partial charge is 0.390 e. The Bertz CT molecular complexity index is 509. The molecule has 0 aliphatic heterocycles. The van der Waals surface area contributed by atoms with E-state index in [-0.39, 0.29) is 6.61 Å². The highest BCUT2D eigenvalue weighted by atomic mass is 16.5. The summed E-state index contributed by atoms with van der Waals surface area (Å²) in [5.74, 6) is 6.76. The van der Waals surface area contributed by atoms with Crippen LogP contribution in [0.4, 0.5) is 0 Å². The zero-order valence-corrected chi connectivity index (χ0v) is 13.2. The van der Waals surface area contributed by atoms with Gasteiger partial charge in [0.25, 0.3) is 0 Å². The number of ether oxygens (including phenoxy) is 1. The molecule has 1 rings (SSSR count). The van der Waals surface area contributed by atoms with Crippen molar-refractivity contribution >= 4 is 0 Å². The quantitative estimate of drug-likeness (QED) is 0.779. The first-order chi connectivity index (χ1) is 10.0. The van der Waals surface area contributed by atoms with Crippen LogP contribution in [0.25, 0.3) is 0 Å². The summed E-state index contributed by atoms with van der Waals surface area (Å²) in [4.78, 5) is 2.18. The molecule has 0 saturated carbocycles. The molecule has 0 unspecified atom stereocenters. The number of methoxy groups -OCH3 is 1. The predicted octanol–water partition coefficient (Wildman–Crippen LogP) is 1.97. The van der Waals surface area contributed by atoms with Crippen molar-refractivity contribution in [2.75, 3.05) is 20.2 Å². The first-order valence-corrected chi connectivity index (χ1v) is 7.01. The Morgan fingerprint density at radius 1 is 1.52 bits per heavy atom. The number of aliphatic hydroxyl groups excluding tert-OH is 1. The second-order valence-electron chi connectivity index (χ2n) is 5.16. The molecule has 21 heavy (non-hydrogen) atoms. The van der Waals surface area contributed by atoms with Gasteiger partial charge in [0.05, 0.1) is 13.2 Å². The van der Waals surface area contributed by atoms with E-state index in [1.165, 1.54) is 0 Å². The molecule has 1 aromatic heterocycles. The standard InChI is InChI=1S/C16H24N2O3/c1-5-18(12-15-11-14(13-19)17-21-15)10-8-6-7-9-16(2,3)20-4/h6,8,11,19H,5,10,12-13H2,1-4H3. The topological polar surface area (TPSA) is 58.7 Å². The van der Waals surface area contributed by atoms with E-state index >= 15 is 0 Å². The third-order valence-corrected chi connectivity index (χ3v) is 3.04. The van der Waals surface area contributed by atoms with Gasteiger partial charge in [-0.2, -0.15) is 0 Å². The molecule has 0 aromatic carbocycles. The summed E-state index contributed by atoms with van der Waals surface area (Å²) in [6.45, 7) is 8.15. The lowest BCUT2D eigenvalue weighted by Gasteiger charge is -2.16. The highest BCUT2D eigenvalue weighted by molar-refractivity contribution is 5.21. The van der Waals surface area contributed by atoms with Crippen LogP contribution >= 0.6 is 0 Å². The lowest BCUT2D eigenvalue weighted by Crippen LogP contribution is -2.22. The number of likely N-dealkylation sites (N-methyl/N-ethyl adjacent to an activating group) is 1. The van der Waals surface area contributed by atoms with Crippen molar-refractivity contribution in [1.29, 1.82) is 0 Å². The molecule has 0 aliphatic rings. The summed E-state index contributed by atoms with van der Waals surface area (Å²) in [7, 11) is 1.65. The van der Waals surface area contributed by atoms with Crippen molar-refractivity contribution in [2.45, 2.75) is 39.5 Å². The monoisotopic (exact) mass is 292 g/mol. The Morgan fingerprint density at radius 3 is 2.86 bits per heavy atom. The molecular formula is C16H24N2O3. The van der Waals surface area contributed by atoms with Crippen LogP contribution in [0.5, 0.6) is 0 Å². The van der Waals surface area contributed by atoms with Crippen molar-refractivity contribution < 1.29 is 14.4 Å². The van der Waals surface area contributed by atoms with Crippen molar-refractivity contribution in [3.8, 4) is 11.8 Å². The van der Waals surface area contributed by atoms with Gasteiger partial charge >= 0.3 is 0 Å². The predicted molar refractivity (Wildman–Crippen MR) is 81.4 cm³/mol. The summed E-state index contributed by atoms with van der Waals surface area (Å²) < 4.78 is 10.4. The Hall–Kier alpha value is -1.61. The molecule has 1 aromatic rings. The van der Waals surface area contributed by atoms with E-state index in [0.717, 1.165) is 18.8 Å². The molecule has 5 heteroatoms. The fraction of sp³-hybridized carbons (Fsp3) is 0.562. The first-order valence-electron chi connectivity index (χ1n) is 7.01. The van der Waals surface area contributed by atoms with Gasteiger partial charge in [0, 0.05) is 19.7 Å². The van der Waals surface area contributed by atoms with E-state index in [1.807, 2.05) is 26.0 Å². The van der Waals surface area contributed by atoms with Gasteiger partial charge < -0.3 is 14.4 Å². The number of allylic oxidation sites excluding steroid dienone is 1. The Balaban J connectivity index is 2.47. The van der Waals surface area contributed by atoms with E-state index in [9.17, 15) is 0 Å². The molecular weight excluding hydrogens is 268 g/mol. The summed E-state index contributed by atoms with van der Waals surface area (Å²) in [5, 5.41) is 12.7. The smallest absolute Gasteiger partial charge is 0.151 e. The Kier molecular flexibility index (Phi) is 7.17. The normalized spacial score (nSPS) is 11.9. The van der Waals surface area contributed by atoms with Crippen LogP contribution < -0.4 is 0 Å². The van der Waals surface area contributed by atoms with Gasteiger partial charge in [-0.3, -0.25) is 4.90 Å². The second kappa shape index (κ2) is 8.63. The minimum Gasteiger partial charge on any atom is -0.390 e. The van der Waals surface area contributed by atoms with Gasteiger partial charge in [-0.1, -0.05) is 30.0 Å². The fourth-order valence-electron chi connectivity index (χ4n) is 1.56. The minimum absolute atomic E-state index is 0.0968. The molecule has 0 aliphatic carbocycles. The second-order valence-corrected chi connectivity index (χ2v) is 5.16. The Labute approximate surface area is 126 Å². The molecule has 5 nitrogen and oxygen atoms in total. The van der Waals surface area contributed by atoms with Gasteiger partial charge in [0.15, 0.2) is 5.76 Å². The molecule has 0 radical (unpaired) electrons. The van der Waals surface area contributed by atoms with Gasteiger partial charge in [0.2, 0.25) is 0 Å². The number of hydrogen-bond acceptors (Lipinski definition) is 5. The number of rotatable bonds is 7. The maximum atomic E-state index is 8.96. The van der Waals surface area contributed by atoms with Crippen LogP contribution in [0.2, 0.25) is 0 Å². The van der Waals surface area contributed by atoms with Crippen molar-refractivity contribution in [3.63, 3.8) is 0 Å². The maximum absolute atomic E-state index is 8.96. The van der Waals surface area contributed by atoms with Crippen LogP contribution in [0.1, 0.15) is 32.2 Å². The Morgan fingerprint density at radius 2 is 2.29 bits per heavy atom. The maximum Gasteiger partial charge on any atom is 0.151 e. The van der Waals surface area contributed by atoms with Crippen LogP contribution in [-0.4, -0.2) is 41.0 Å². The van der Waals surface area contributed by atoms with Gasteiger partial charge in [-0.05, 0) is 26.5 Å². The number of aromatic nitrogens is 1. The van der Waals surface area contributed by atoms with E-state index in [1.54, 1.807) is 13.2 Å². The summed E-state index contributed by atoms with van der Waals surface area (Å²) >= 11 is 0. The van der Waals surface area contributed by atoms with Crippen molar-refractivity contribution in [2.24, 2.45) is 0 Å². The third kappa shape index (κ3) is 6.58. The molecule has 1 heterocycles. The SMILES string of the molecule is CCN(CC=CC#CC(C)(C)OC)Cc1cc(CO)no1. The summed E-state index contributed by atoms with van der Waals surface area (Å²) in [5.41, 5.74) is 0.138. The fourth-order valence-corrected chi connectivity index (χ4v) is 1.56. The molecule has 0 amide bonds. The van der Waals surface area contributed by atoms with Crippen LogP contribution in [0.15, 0.2) is 22.7 Å². The summed E-state index contributed by atoms with van der Waals surface area (Å²) in [6, 6.07) is 1.77. The third-order valence-electron chi connectivity index (χ3n) is 3.04. The minimum atomic E-state index is -0.421. The van der Waals surface area contributed by atoms with Gasteiger partial charge in [0.1, 0.15) is 11.3 Å². The molecule has 116 valence electrons. The van der Waals surface area contributed by atoms with E-state index < -0.39 is 5.60 Å². The van der Waals surface area contributed by atoms with E-state index in [0.29, 0.717) is 12.2 Å². The van der Waals surface area contributed by atoms with Crippen LogP contribution in [0.3, 0.4) is 0 Å². The van der Waals surface area contributed by atoms with Gasteiger partial charge in [-0.25, -0.2) is 0 Å². The molecule has 0 spiro atoms. The zero-order chi connectivity index (χ0) is 15.7. The molecule has 0 fully saturated rings. The number of aliphatic hydroxyl groups is 1. The van der Waals surface area contributed by atoms with Crippen LogP contribution in [0, 0.1) is 11.8 Å². The van der Waals surface area contributed by atoms with E-state index in [2.05, 4.69) is 28.8 Å². The molecule has 0 bridgehead atoms. The number of nitrogens with zero attached hydrogens (tertiary/aromatic N) is 2. The van der Waals surface area contributed by atoms with E-state index in [4.69, 9.17) is 14.4 Å². The average Bonchev–Trinajstić information content (AvgIpc) is 2.93. The summed E-state index contributed by atoms with van der Waals surface area (Å²) in [6.07, 6.45) is 3.84. The number of hydrogen-bond donors (Lipinski definition) is 1.